The average molecular weight is 198 g/mol. The Balaban J connectivity index is 2.62. The third-order valence-electron chi connectivity index (χ3n) is 3.12. The average Bonchev–Trinajstić information content (AvgIpc) is 2.02. The molecule has 1 fully saturated rings. The van der Waals surface area contributed by atoms with Crippen LogP contribution in [-0.2, 0) is 0 Å². The molecule has 0 bridgehead atoms. The molecule has 14 heavy (non-hydrogen) atoms. The minimum Gasteiger partial charge on any atom is -0.311 e. The summed E-state index contributed by atoms with van der Waals surface area (Å²) in [4.78, 5) is 2.65. The molecule has 1 rings (SSSR count). The highest BCUT2D eigenvalue weighted by Gasteiger charge is 2.33. The Hall–Kier alpha value is -0.0800. The molecule has 2 heteroatoms. The summed E-state index contributed by atoms with van der Waals surface area (Å²) in [6, 6.07) is 1.35. The molecule has 84 valence electrons. The minimum atomic E-state index is 0.391. The first-order chi connectivity index (χ1) is 6.45. The fraction of sp³-hybridized carbons (Fsp3) is 1.00. The summed E-state index contributed by atoms with van der Waals surface area (Å²) in [6.07, 6.45) is 1.26. The zero-order chi connectivity index (χ0) is 10.8. The van der Waals surface area contributed by atoms with Crippen LogP contribution in [0.3, 0.4) is 0 Å². The second-order valence-electron chi connectivity index (χ2n) is 5.69. The van der Waals surface area contributed by atoms with E-state index in [-0.39, 0.29) is 0 Å². The topological polar surface area (TPSA) is 15.3 Å². The smallest absolute Gasteiger partial charge is 0.0269 e. The van der Waals surface area contributed by atoms with Gasteiger partial charge >= 0.3 is 0 Å². The number of hydrogen-bond donors (Lipinski definition) is 1. The molecule has 2 nitrogen and oxygen atoms in total. The third kappa shape index (κ3) is 2.96. The quantitative estimate of drug-likeness (QED) is 0.731. The Bertz CT molecular complexity index is 172. The standard InChI is InChI=1S/C12H26N2/c1-6-7-14-9-10(2)13-8-11(14)12(3,4)5/h10-11,13H,6-9H2,1-5H3. The van der Waals surface area contributed by atoms with E-state index < -0.39 is 0 Å². The summed E-state index contributed by atoms with van der Waals surface area (Å²) in [6.45, 7) is 15.2. The fourth-order valence-electron chi connectivity index (χ4n) is 2.37. The molecular formula is C12H26N2. The van der Waals surface area contributed by atoms with Gasteiger partial charge in [0.25, 0.3) is 0 Å². The van der Waals surface area contributed by atoms with Gasteiger partial charge in [-0.25, -0.2) is 0 Å². The molecule has 2 atom stereocenters. The van der Waals surface area contributed by atoms with E-state index in [1.54, 1.807) is 0 Å². The second kappa shape index (κ2) is 4.63. The van der Waals surface area contributed by atoms with Gasteiger partial charge in [0.1, 0.15) is 0 Å². The molecule has 0 aromatic heterocycles. The maximum Gasteiger partial charge on any atom is 0.0269 e. The van der Waals surface area contributed by atoms with Crippen molar-refractivity contribution in [1.29, 1.82) is 0 Å². The Kier molecular flexibility index (Phi) is 3.96. The zero-order valence-corrected chi connectivity index (χ0v) is 10.4. The first kappa shape index (κ1) is 12.0. The van der Waals surface area contributed by atoms with Crippen molar-refractivity contribution in [2.75, 3.05) is 19.6 Å². The zero-order valence-electron chi connectivity index (χ0n) is 10.4. The van der Waals surface area contributed by atoms with Gasteiger partial charge in [0, 0.05) is 25.2 Å². The number of nitrogens with zero attached hydrogens (tertiary/aromatic N) is 1. The highest BCUT2D eigenvalue weighted by atomic mass is 15.2. The van der Waals surface area contributed by atoms with Crippen molar-refractivity contribution in [3.05, 3.63) is 0 Å². The van der Waals surface area contributed by atoms with Crippen LogP contribution < -0.4 is 5.32 Å². The van der Waals surface area contributed by atoms with Gasteiger partial charge in [0.2, 0.25) is 0 Å². The van der Waals surface area contributed by atoms with E-state index in [2.05, 4.69) is 44.8 Å². The van der Waals surface area contributed by atoms with Crippen LogP contribution in [0, 0.1) is 5.41 Å². The fourth-order valence-corrected chi connectivity index (χ4v) is 2.37. The van der Waals surface area contributed by atoms with Crippen LogP contribution in [0.25, 0.3) is 0 Å². The van der Waals surface area contributed by atoms with E-state index in [9.17, 15) is 0 Å². The molecule has 0 aromatic carbocycles. The largest absolute Gasteiger partial charge is 0.311 e. The summed E-state index contributed by atoms with van der Waals surface area (Å²) >= 11 is 0. The number of nitrogens with one attached hydrogen (secondary N) is 1. The van der Waals surface area contributed by atoms with Gasteiger partial charge < -0.3 is 5.32 Å². The lowest BCUT2D eigenvalue weighted by atomic mass is 9.84. The molecule has 1 aliphatic rings. The van der Waals surface area contributed by atoms with Crippen molar-refractivity contribution in [3.63, 3.8) is 0 Å². The SMILES string of the molecule is CCCN1CC(C)NCC1C(C)(C)C. The van der Waals surface area contributed by atoms with Gasteiger partial charge in [-0.15, -0.1) is 0 Å². The lowest BCUT2D eigenvalue weighted by Gasteiger charge is -2.45. The van der Waals surface area contributed by atoms with Gasteiger partial charge in [0.05, 0.1) is 0 Å². The van der Waals surface area contributed by atoms with Gasteiger partial charge in [-0.2, -0.15) is 0 Å². The van der Waals surface area contributed by atoms with Crippen LogP contribution in [0.5, 0.6) is 0 Å². The summed E-state index contributed by atoms with van der Waals surface area (Å²) in [5, 5.41) is 3.59. The number of piperazine rings is 1. The van der Waals surface area contributed by atoms with Crippen LogP contribution in [0.15, 0.2) is 0 Å². The second-order valence-corrected chi connectivity index (χ2v) is 5.69. The Morgan fingerprint density at radius 3 is 2.50 bits per heavy atom. The predicted octanol–water partition coefficient (Wildman–Crippen LogP) is 2.10. The van der Waals surface area contributed by atoms with Crippen LogP contribution in [0.4, 0.5) is 0 Å². The van der Waals surface area contributed by atoms with Crippen LogP contribution in [0.1, 0.15) is 41.0 Å². The summed E-state index contributed by atoms with van der Waals surface area (Å²) in [5.41, 5.74) is 0.391. The van der Waals surface area contributed by atoms with Crippen molar-refractivity contribution in [2.45, 2.75) is 53.1 Å². The Labute approximate surface area is 89.1 Å². The molecule has 1 N–H and O–H groups in total. The van der Waals surface area contributed by atoms with Crippen LogP contribution in [-0.4, -0.2) is 36.6 Å². The van der Waals surface area contributed by atoms with Crippen LogP contribution in [0.2, 0.25) is 0 Å². The van der Waals surface area contributed by atoms with E-state index in [1.165, 1.54) is 19.5 Å². The molecule has 0 radical (unpaired) electrons. The van der Waals surface area contributed by atoms with Gasteiger partial charge in [-0.3, -0.25) is 4.90 Å². The first-order valence-corrected chi connectivity index (χ1v) is 5.92. The van der Waals surface area contributed by atoms with Crippen molar-refractivity contribution in [1.82, 2.24) is 10.2 Å². The maximum absolute atomic E-state index is 3.59. The van der Waals surface area contributed by atoms with Crippen molar-refractivity contribution in [2.24, 2.45) is 5.41 Å². The first-order valence-electron chi connectivity index (χ1n) is 5.92. The molecule has 1 heterocycles. The van der Waals surface area contributed by atoms with Crippen molar-refractivity contribution >= 4 is 0 Å². The molecule has 0 spiro atoms. The van der Waals surface area contributed by atoms with E-state index in [0.717, 1.165) is 6.54 Å². The number of hydrogen-bond acceptors (Lipinski definition) is 2. The molecule has 0 amide bonds. The normalized spacial score (nSPS) is 30.6. The third-order valence-corrected chi connectivity index (χ3v) is 3.12. The highest BCUT2D eigenvalue weighted by Crippen LogP contribution is 2.26. The lowest BCUT2D eigenvalue weighted by Crippen LogP contribution is -2.59. The molecule has 0 saturated carbocycles. The van der Waals surface area contributed by atoms with Gasteiger partial charge in [-0.05, 0) is 25.3 Å². The van der Waals surface area contributed by atoms with Crippen molar-refractivity contribution in [3.8, 4) is 0 Å². The van der Waals surface area contributed by atoms with Gasteiger partial charge in [0.15, 0.2) is 0 Å². The Morgan fingerprint density at radius 2 is 2.00 bits per heavy atom. The summed E-state index contributed by atoms with van der Waals surface area (Å²) < 4.78 is 0. The monoisotopic (exact) mass is 198 g/mol. The van der Waals surface area contributed by atoms with E-state index in [1.807, 2.05) is 0 Å². The van der Waals surface area contributed by atoms with Crippen LogP contribution >= 0.6 is 0 Å². The molecule has 2 unspecified atom stereocenters. The summed E-state index contributed by atoms with van der Waals surface area (Å²) in [7, 11) is 0. The van der Waals surface area contributed by atoms with E-state index in [4.69, 9.17) is 0 Å². The van der Waals surface area contributed by atoms with E-state index in [0.29, 0.717) is 17.5 Å². The molecule has 1 saturated heterocycles. The lowest BCUT2D eigenvalue weighted by molar-refractivity contribution is 0.0592. The molecular weight excluding hydrogens is 172 g/mol. The maximum atomic E-state index is 3.59. The minimum absolute atomic E-state index is 0.391. The predicted molar refractivity (Wildman–Crippen MR) is 62.6 cm³/mol. The molecule has 0 aromatic rings. The highest BCUT2D eigenvalue weighted by molar-refractivity contribution is 4.90. The Morgan fingerprint density at radius 1 is 1.36 bits per heavy atom. The molecule has 0 aliphatic carbocycles. The van der Waals surface area contributed by atoms with Gasteiger partial charge in [-0.1, -0.05) is 27.7 Å². The van der Waals surface area contributed by atoms with E-state index >= 15 is 0 Å². The van der Waals surface area contributed by atoms with Crippen molar-refractivity contribution < 1.29 is 0 Å². The summed E-state index contributed by atoms with van der Waals surface area (Å²) in [5.74, 6) is 0. The number of rotatable bonds is 2. The molecule has 1 aliphatic heterocycles.